The Kier molecular flexibility index (Phi) is 8.45. The van der Waals surface area contributed by atoms with Crippen LogP contribution >= 0.6 is 35.9 Å². The highest BCUT2D eigenvalue weighted by Gasteiger charge is 2.17. The molecule has 1 aliphatic heterocycles. The third-order valence-electron chi connectivity index (χ3n) is 2.89. The first-order valence-electron chi connectivity index (χ1n) is 6.62. The summed E-state index contributed by atoms with van der Waals surface area (Å²) in [6.07, 6.45) is 0.554. The molecule has 1 unspecified atom stereocenters. The van der Waals surface area contributed by atoms with Crippen molar-refractivity contribution in [2.75, 3.05) is 29.1 Å². The van der Waals surface area contributed by atoms with Crippen LogP contribution in [0, 0.1) is 0 Å². The standard InChI is InChI=1S/C14H20N2OS2.ClH/c1-2-19-13-6-4-3-5-12(13)16-14(17)9-11-10-18-8-7-15-11;/h3-6,11,15H,2,7-10H2,1H3,(H,16,17);1H. The average molecular weight is 333 g/mol. The third kappa shape index (κ3) is 5.56. The summed E-state index contributed by atoms with van der Waals surface area (Å²) < 4.78 is 0. The summed E-state index contributed by atoms with van der Waals surface area (Å²) in [5, 5.41) is 6.42. The number of carbonyl (C=O) groups excluding carboxylic acids is 1. The number of anilines is 1. The van der Waals surface area contributed by atoms with Gasteiger partial charge in [-0.25, -0.2) is 0 Å². The maximum absolute atomic E-state index is 12.1. The van der Waals surface area contributed by atoms with Gasteiger partial charge >= 0.3 is 0 Å². The molecule has 2 N–H and O–H groups in total. The summed E-state index contributed by atoms with van der Waals surface area (Å²) in [7, 11) is 0. The number of rotatable bonds is 5. The van der Waals surface area contributed by atoms with Gasteiger partial charge < -0.3 is 10.6 Å². The number of benzene rings is 1. The molecule has 0 aromatic heterocycles. The Bertz CT molecular complexity index is 425. The molecule has 3 nitrogen and oxygen atoms in total. The molecule has 1 atom stereocenters. The van der Waals surface area contributed by atoms with Gasteiger partial charge in [-0.15, -0.1) is 24.2 Å². The summed E-state index contributed by atoms with van der Waals surface area (Å²) in [6.45, 7) is 3.12. The van der Waals surface area contributed by atoms with Crippen LogP contribution in [-0.2, 0) is 4.79 Å². The van der Waals surface area contributed by atoms with Crippen molar-refractivity contribution in [3.8, 4) is 0 Å². The predicted octanol–water partition coefficient (Wildman–Crippen LogP) is 3.25. The fraction of sp³-hybridized carbons (Fsp3) is 0.500. The molecule has 1 aromatic rings. The minimum atomic E-state index is 0. The van der Waals surface area contributed by atoms with E-state index in [1.165, 1.54) is 0 Å². The van der Waals surface area contributed by atoms with E-state index < -0.39 is 0 Å². The van der Waals surface area contributed by atoms with Crippen molar-refractivity contribution in [2.24, 2.45) is 0 Å². The first-order chi connectivity index (χ1) is 9.29. The van der Waals surface area contributed by atoms with Crippen molar-refractivity contribution >= 4 is 47.5 Å². The summed E-state index contributed by atoms with van der Waals surface area (Å²) in [5.74, 6) is 3.28. The molecule has 0 spiro atoms. The van der Waals surface area contributed by atoms with Gasteiger partial charge in [-0.05, 0) is 17.9 Å². The number of nitrogens with one attached hydrogen (secondary N) is 2. The molecule has 1 aliphatic rings. The first kappa shape index (κ1) is 17.7. The van der Waals surface area contributed by atoms with Crippen LogP contribution in [0.25, 0.3) is 0 Å². The van der Waals surface area contributed by atoms with Crippen LogP contribution in [-0.4, -0.2) is 35.8 Å². The van der Waals surface area contributed by atoms with E-state index in [0.717, 1.165) is 34.4 Å². The fourth-order valence-corrected chi connectivity index (χ4v) is 3.74. The highest BCUT2D eigenvalue weighted by atomic mass is 35.5. The van der Waals surface area contributed by atoms with Crippen LogP contribution < -0.4 is 10.6 Å². The van der Waals surface area contributed by atoms with Crippen molar-refractivity contribution in [3.63, 3.8) is 0 Å². The van der Waals surface area contributed by atoms with Gasteiger partial charge in [0, 0.05) is 35.4 Å². The fourth-order valence-electron chi connectivity index (χ4n) is 2.03. The molecule has 20 heavy (non-hydrogen) atoms. The van der Waals surface area contributed by atoms with Crippen molar-refractivity contribution < 1.29 is 4.79 Å². The summed E-state index contributed by atoms with van der Waals surface area (Å²) in [4.78, 5) is 13.2. The van der Waals surface area contributed by atoms with Crippen molar-refractivity contribution in [1.29, 1.82) is 0 Å². The Hall–Kier alpha value is -0.360. The van der Waals surface area contributed by atoms with Crippen LogP contribution in [0.1, 0.15) is 13.3 Å². The molecular formula is C14H21ClN2OS2. The maximum Gasteiger partial charge on any atom is 0.226 e. The Labute approximate surface area is 135 Å². The van der Waals surface area contributed by atoms with E-state index in [1.807, 2.05) is 30.0 Å². The Balaban J connectivity index is 0.00000200. The Morgan fingerprint density at radius 3 is 3.00 bits per heavy atom. The van der Waals surface area contributed by atoms with Gasteiger partial charge in [0.1, 0.15) is 0 Å². The lowest BCUT2D eigenvalue weighted by Crippen LogP contribution is -2.39. The Morgan fingerprint density at radius 1 is 1.50 bits per heavy atom. The SMILES string of the molecule is CCSc1ccccc1NC(=O)CC1CSCCN1.Cl. The quantitative estimate of drug-likeness (QED) is 0.812. The largest absolute Gasteiger partial charge is 0.325 e. The molecule has 2 rings (SSSR count). The molecule has 1 saturated heterocycles. The van der Waals surface area contributed by atoms with E-state index in [9.17, 15) is 4.79 Å². The van der Waals surface area contributed by atoms with Crippen LogP contribution in [0.3, 0.4) is 0 Å². The van der Waals surface area contributed by atoms with Crippen molar-refractivity contribution in [2.45, 2.75) is 24.3 Å². The first-order valence-corrected chi connectivity index (χ1v) is 8.76. The molecular weight excluding hydrogens is 312 g/mol. The zero-order valence-corrected chi connectivity index (χ0v) is 14.0. The van der Waals surface area contributed by atoms with Crippen molar-refractivity contribution in [1.82, 2.24) is 5.32 Å². The lowest BCUT2D eigenvalue weighted by Gasteiger charge is -2.22. The second kappa shape index (κ2) is 9.55. The summed E-state index contributed by atoms with van der Waals surface area (Å²) >= 11 is 3.67. The van der Waals surface area contributed by atoms with Gasteiger partial charge in [0.15, 0.2) is 0 Å². The number of para-hydroxylation sites is 1. The minimum absolute atomic E-state index is 0. The second-order valence-electron chi connectivity index (χ2n) is 4.41. The molecule has 0 aliphatic carbocycles. The third-order valence-corrected chi connectivity index (χ3v) is 4.98. The number of halogens is 1. The topological polar surface area (TPSA) is 41.1 Å². The number of hydrogen-bond acceptors (Lipinski definition) is 4. The molecule has 1 heterocycles. The highest BCUT2D eigenvalue weighted by Crippen LogP contribution is 2.26. The lowest BCUT2D eigenvalue weighted by atomic mass is 10.2. The van der Waals surface area contributed by atoms with Gasteiger partial charge in [0.25, 0.3) is 0 Å². The smallest absolute Gasteiger partial charge is 0.226 e. The van der Waals surface area contributed by atoms with E-state index in [0.29, 0.717) is 12.5 Å². The van der Waals surface area contributed by atoms with Crippen LogP contribution in [0.15, 0.2) is 29.2 Å². The predicted molar refractivity (Wildman–Crippen MR) is 92.5 cm³/mol. The van der Waals surface area contributed by atoms with E-state index >= 15 is 0 Å². The van der Waals surface area contributed by atoms with Gasteiger partial charge in [-0.3, -0.25) is 4.79 Å². The molecule has 1 fully saturated rings. The molecule has 112 valence electrons. The van der Waals surface area contributed by atoms with Crippen LogP contribution in [0.5, 0.6) is 0 Å². The van der Waals surface area contributed by atoms with E-state index in [4.69, 9.17) is 0 Å². The van der Waals surface area contributed by atoms with Crippen LogP contribution in [0.4, 0.5) is 5.69 Å². The van der Waals surface area contributed by atoms with Gasteiger partial charge in [0.05, 0.1) is 5.69 Å². The normalized spacial score (nSPS) is 18.1. The van der Waals surface area contributed by atoms with E-state index in [2.05, 4.69) is 23.6 Å². The lowest BCUT2D eigenvalue weighted by molar-refractivity contribution is -0.116. The number of thioether (sulfide) groups is 2. The van der Waals surface area contributed by atoms with Gasteiger partial charge in [-0.1, -0.05) is 19.1 Å². The molecule has 1 aromatic carbocycles. The molecule has 6 heteroatoms. The van der Waals surface area contributed by atoms with Gasteiger partial charge in [0.2, 0.25) is 5.91 Å². The second-order valence-corrected chi connectivity index (χ2v) is 6.86. The molecule has 0 bridgehead atoms. The monoisotopic (exact) mass is 332 g/mol. The van der Waals surface area contributed by atoms with Crippen LogP contribution in [0.2, 0.25) is 0 Å². The summed E-state index contributed by atoms with van der Waals surface area (Å²) in [6, 6.07) is 8.30. The van der Waals surface area contributed by atoms with Crippen molar-refractivity contribution in [3.05, 3.63) is 24.3 Å². The molecule has 0 saturated carbocycles. The van der Waals surface area contributed by atoms with E-state index in [1.54, 1.807) is 11.8 Å². The zero-order chi connectivity index (χ0) is 13.5. The Morgan fingerprint density at radius 2 is 2.30 bits per heavy atom. The highest BCUT2D eigenvalue weighted by molar-refractivity contribution is 7.99. The van der Waals surface area contributed by atoms with Gasteiger partial charge in [-0.2, -0.15) is 11.8 Å². The summed E-state index contributed by atoms with van der Waals surface area (Å²) in [5.41, 5.74) is 0.933. The number of amides is 1. The average Bonchev–Trinajstić information content (AvgIpc) is 2.42. The molecule has 0 radical (unpaired) electrons. The number of hydrogen-bond donors (Lipinski definition) is 2. The maximum atomic E-state index is 12.1. The molecule has 1 amide bonds. The van der Waals surface area contributed by atoms with E-state index in [-0.39, 0.29) is 18.3 Å². The minimum Gasteiger partial charge on any atom is -0.325 e. The zero-order valence-electron chi connectivity index (χ0n) is 11.6. The number of carbonyl (C=O) groups is 1.